The van der Waals surface area contributed by atoms with Gasteiger partial charge in [-0.25, -0.2) is 4.79 Å². The first-order valence-electron chi connectivity index (χ1n) is 9.50. The highest BCUT2D eigenvalue weighted by atomic mass is 16.4. The second-order valence-corrected chi connectivity index (χ2v) is 6.99. The van der Waals surface area contributed by atoms with Crippen LogP contribution in [0.25, 0.3) is 0 Å². The van der Waals surface area contributed by atoms with Crippen LogP contribution in [0.4, 0.5) is 0 Å². The van der Waals surface area contributed by atoms with Crippen molar-refractivity contribution in [2.75, 3.05) is 0 Å². The number of hydrogen-bond acceptors (Lipinski definition) is 5. The summed E-state index contributed by atoms with van der Waals surface area (Å²) in [5.41, 5.74) is 6.71. The molecule has 0 spiro atoms. The zero-order valence-corrected chi connectivity index (χ0v) is 16.6. The Kier molecular flexibility index (Phi) is 9.81. The summed E-state index contributed by atoms with van der Waals surface area (Å²) < 4.78 is 0. The summed E-state index contributed by atoms with van der Waals surface area (Å²) in [5.74, 6) is -3.83. The number of aliphatic carboxylic acids is 2. The van der Waals surface area contributed by atoms with Crippen molar-refractivity contribution >= 4 is 23.8 Å². The molecule has 0 aromatic heterocycles. The molecule has 0 fully saturated rings. The number of carbonyl (C=O) groups is 4. The van der Waals surface area contributed by atoms with E-state index in [1.54, 1.807) is 24.3 Å². The average molecular weight is 407 g/mol. The van der Waals surface area contributed by atoms with Gasteiger partial charge in [-0.1, -0.05) is 50.6 Å². The zero-order chi connectivity index (χ0) is 22.0. The summed E-state index contributed by atoms with van der Waals surface area (Å²) in [6, 6.07) is 5.69. The number of carbonyl (C=O) groups excluding carboxylic acids is 2. The first-order valence-corrected chi connectivity index (χ1v) is 9.50. The summed E-state index contributed by atoms with van der Waals surface area (Å²) in [5, 5.41) is 23.0. The number of nitrogens with one attached hydrogen (secondary N) is 2. The fourth-order valence-corrected chi connectivity index (χ4v) is 2.64. The number of carboxylic acids is 2. The van der Waals surface area contributed by atoms with Gasteiger partial charge in [0.2, 0.25) is 11.8 Å². The maximum atomic E-state index is 12.7. The molecule has 29 heavy (non-hydrogen) atoms. The minimum absolute atomic E-state index is 0.0993. The molecule has 9 heteroatoms. The van der Waals surface area contributed by atoms with E-state index in [1.807, 2.05) is 19.9 Å². The van der Waals surface area contributed by atoms with Gasteiger partial charge in [-0.05, 0) is 17.9 Å². The molecule has 0 aliphatic carbocycles. The fourth-order valence-electron chi connectivity index (χ4n) is 2.64. The largest absolute Gasteiger partial charge is 0.481 e. The van der Waals surface area contributed by atoms with Gasteiger partial charge in [0.1, 0.15) is 12.1 Å². The van der Waals surface area contributed by atoms with E-state index in [-0.39, 0.29) is 18.8 Å². The van der Waals surface area contributed by atoms with E-state index >= 15 is 0 Å². The van der Waals surface area contributed by atoms with E-state index in [0.29, 0.717) is 6.42 Å². The van der Waals surface area contributed by atoms with Crippen molar-refractivity contribution in [1.29, 1.82) is 0 Å². The van der Waals surface area contributed by atoms with Gasteiger partial charge in [-0.15, -0.1) is 0 Å². The Morgan fingerprint density at radius 2 is 1.59 bits per heavy atom. The predicted molar refractivity (Wildman–Crippen MR) is 106 cm³/mol. The molecule has 0 unspecified atom stereocenters. The number of rotatable bonds is 12. The van der Waals surface area contributed by atoms with Gasteiger partial charge in [-0.2, -0.15) is 0 Å². The first-order chi connectivity index (χ1) is 13.6. The molecule has 0 heterocycles. The van der Waals surface area contributed by atoms with Crippen molar-refractivity contribution in [3.63, 3.8) is 0 Å². The molecule has 2 amide bonds. The minimum Gasteiger partial charge on any atom is -0.481 e. The molecule has 1 rings (SSSR count). The number of hydrogen-bond donors (Lipinski definition) is 5. The van der Waals surface area contributed by atoms with E-state index < -0.39 is 48.3 Å². The van der Waals surface area contributed by atoms with E-state index in [0.717, 1.165) is 5.56 Å². The van der Waals surface area contributed by atoms with E-state index in [4.69, 9.17) is 10.8 Å². The van der Waals surface area contributed by atoms with Crippen LogP contribution in [0, 0.1) is 5.92 Å². The molecule has 160 valence electrons. The smallest absolute Gasteiger partial charge is 0.326 e. The highest BCUT2D eigenvalue weighted by Crippen LogP contribution is 2.09. The number of nitrogens with two attached hydrogens (primary N) is 1. The lowest BCUT2D eigenvalue weighted by Crippen LogP contribution is -2.56. The SMILES string of the molecule is CC[C@H](C)[C@H](N)C(=O)N[C@@H](Cc1ccccc1)C(=O)N[C@@H](CCC(=O)O)C(=O)O. The van der Waals surface area contributed by atoms with Crippen molar-refractivity contribution in [3.05, 3.63) is 35.9 Å². The molecule has 0 saturated heterocycles. The van der Waals surface area contributed by atoms with Crippen LogP contribution in [0.2, 0.25) is 0 Å². The van der Waals surface area contributed by atoms with Gasteiger partial charge in [0.15, 0.2) is 0 Å². The van der Waals surface area contributed by atoms with E-state index in [9.17, 15) is 24.3 Å². The highest BCUT2D eigenvalue weighted by Gasteiger charge is 2.29. The van der Waals surface area contributed by atoms with Crippen molar-refractivity contribution in [2.24, 2.45) is 11.7 Å². The Labute approximate surface area is 169 Å². The molecule has 6 N–H and O–H groups in total. The van der Waals surface area contributed by atoms with Gasteiger partial charge in [0.05, 0.1) is 6.04 Å². The molecule has 4 atom stereocenters. The lowest BCUT2D eigenvalue weighted by Gasteiger charge is -2.24. The monoisotopic (exact) mass is 407 g/mol. The van der Waals surface area contributed by atoms with Gasteiger partial charge in [0.25, 0.3) is 0 Å². The third-order valence-electron chi connectivity index (χ3n) is 4.74. The van der Waals surface area contributed by atoms with Crippen LogP contribution in [0.15, 0.2) is 30.3 Å². The van der Waals surface area contributed by atoms with Gasteiger partial charge < -0.3 is 26.6 Å². The fraction of sp³-hybridized carbons (Fsp3) is 0.500. The summed E-state index contributed by atoms with van der Waals surface area (Å²) in [4.78, 5) is 47.3. The zero-order valence-electron chi connectivity index (χ0n) is 16.6. The van der Waals surface area contributed by atoms with E-state index in [2.05, 4.69) is 10.6 Å². The first kappa shape index (κ1) is 24.1. The Morgan fingerprint density at radius 1 is 1.00 bits per heavy atom. The Morgan fingerprint density at radius 3 is 2.10 bits per heavy atom. The van der Waals surface area contributed by atoms with Crippen LogP contribution < -0.4 is 16.4 Å². The molecule has 0 bridgehead atoms. The van der Waals surface area contributed by atoms with Crippen LogP contribution in [0.3, 0.4) is 0 Å². The maximum absolute atomic E-state index is 12.7. The molecule has 0 aliphatic heterocycles. The van der Waals surface area contributed by atoms with Crippen LogP contribution in [-0.2, 0) is 25.6 Å². The minimum atomic E-state index is -1.38. The molecule has 0 radical (unpaired) electrons. The Hall–Kier alpha value is -2.94. The molecule has 0 aliphatic rings. The summed E-state index contributed by atoms with van der Waals surface area (Å²) in [6.07, 6.45) is 0.137. The number of amides is 2. The van der Waals surface area contributed by atoms with Crippen molar-refractivity contribution in [3.8, 4) is 0 Å². The number of benzene rings is 1. The van der Waals surface area contributed by atoms with Crippen molar-refractivity contribution < 1.29 is 29.4 Å². The average Bonchev–Trinajstić information content (AvgIpc) is 2.69. The van der Waals surface area contributed by atoms with Gasteiger partial charge in [0, 0.05) is 12.8 Å². The summed E-state index contributed by atoms with van der Waals surface area (Å²) >= 11 is 0. The molecule has 0 saturated carbocycles. The van der Waals surface area contributed by atoms with Gasteiger partial charge >= 0.3 is 11.9 Å². The lowest BCUT2D eigenvalue weighted by atomic mass is 9.98. The van der Waals surface area contributed by atoms with Crippen molar-refractivity contribution in [2.45, 2.75) is 57.7 Å². The normalized spacial score (nSPS) is 14.9. The van der Waals surface area contributed by atoms with Gasteiger partial charge in [-0.3, -0.25) is 14.4 Å². The van der Waals surface area contributed by atoms with Crippen LogP contribution in [-0.4, -0.2) is 52.1 Å². The molecule has 1 aromatic rings. The molecular weight excluding hydrogens is 378 g/mol. The van der Waals surface area contributed by atoms with E-state index in [1.165, 1.54) is 0 Å². The topological polar surface area (TPSA) is 159 Å². The molecule has 1 aromatic carbocycles. The number of carboxylic acid groups (broad SMARTS) is 2. The maximum Gasteiger partial charge on any atom is 0.326 e. The second-order valence-electron chi connectivity index (χ2n) is 6.99. The quantitative estimate of drug-likeness (QED) is 0.338. The summed E-state index contributed by atoms with van der Waals surface area (Å²) in [7, 11) is 0. The third-order valence-corrected chi connectivity index (χ3v) is 4.74. The molecular formula is C20H29N3O6. The van der Waals surface area contributed by atoms with Crippen LogP contribution in [0.1, 0.15) is 38.7 Å². The summed E-state index contributed by atoms with van der Waals surface area (Å²) in [6.45, 7) is 3.72. The van der Waals surface area contributed by atoms with Crippen molar-refractivity contribution in [1.82, 2.24) is 10.6 Å². The molecule has 9 nitrogen and oxygen atoms in total. The Bertz CT molecular complexity index is 709. The second kappa shape index (κ2) is 11.8. The predicted octanol–water partition coefficient (Wildman–Crippen LogP) is 0.522. The Balaban J connectivity index is 2.95. The lowest BCUT2D eigenvalue weighted by molar-refractivity contribution is -0.143. The third kappa shape index (κ3) is 8.30. The highest BCUT2D eigenvalue weighted by molar-refractivity contribution is 5.92. The van der Waals surface area contributed by atoms with Crippen LogP contribution >= 0.6 is 0 Å². The van der Waals surface area contributed by atoms with Crippen LogP contribution in [0.5, 0.6) is 0 Å². The standard InChI is InChI=1S/C20H29N3O6/c1-3-12(2)17(21)19(27)23-15(11-13-7-5-4-6-8-13)18(26)22-14(20(28)29)9-10-16(24)25/h4-8,12,14-15,17H,3,9-11,21H2,1-2H3,(H,22,26)(H,23,27)(H,24,25)(H,28,29)/t12-,14-,15-,17-/m0/s1.